The predicted molar refractivity (Wildman–Crippen MR) is 66.6 cm³/mol. The van der Waals surface area contributed by atoms with E-state index in [0.717, 1.165) is 0 Å². The summed E-state index contributed by atoms with van der Waals surface area (Å²) in [6.07, 6.45) is 0. The molecule has 0 atom stereocenters. The maximum Gasteiger partial charge on any atom is 0.242 e. The van der Waals surface area contributed by atoms with E-state index in [2.05, 4.69) is 11.3 Å². The second-order valence-corrected chi connectivity index (χ2v) is 6.03. The Morgan fingerprint density at radius 1 is 1.38 bits per heavy atom. The van der Waals surface area contributed by atoms with Crippen LogP contribution in [0.4, 0.5) is 0 Å². The molecule has 7 heteroatoms. The smallest absolute Gasteiger partial charge is 0.207 e. The molecule has 1 rings (SSSR count). The van der Waals surface area contributed by atoms with Crippen molar-refractivity contribution < 1.29 is 8.42 Å². The van der Waals surface area contributed by atoms with Crippen LogP contribution in [0.25, 0.3) is 0 Å². The van der Waals surface area contributed by atoms with Crippen LogP contribution in [-0.2, 0) is 10.0 Å². The van der Waals surface area contributed by atoms with Gasteiger partial charge in [-0.25, -0.2) is 13.1 Å². The second kappa shape index (κ2) is 5.38. The molecule has 0 saturated heterocycles. The monoisotopic (exact) mass is 299 g/mol. The van der Waals surface area contributed by atoms with Gasteiger partial charge in [0.1, 0.15) is 4.90 Å². The van der Waals surface area contributed by atoms with Gasteiger partial charge >= 0.3 is 0 Å². The third kappa shape index (κ3) is 3.64. The van der Waals surface area contributed by atoms with Crippen LogP contribution < -0.4 is 4.72 Å². The van der Waals surface area contributed by atoms with E-state index in [-0.39, 0.29) is 26.5 Å². The minimum atomic E-state index is -3.72. The number of benzene rings is 1. The Morgan fingerprint density at radius 2 is 2.00 bits per heavy atom. The second-order valence-electron chi connectivity index (χ2n) is 2.92. The van der Waals surface area contributed by atoms with Crippen molar-refractivity contribution in [1.82, 2.24) is 4.72 Å². The van der Waals surface area contributed by atoms with Crippen LogP contribution in [0.1, 0.15) is 0 Å². The maximum atomic E-state index is 11.8. The van der Waals surface area contributed by atoms with Gasteiger partial charge in [0.25, 0.3) is 0 Å². The Hall–Kier alpha value is -0.260. The summed E-state index contributed by atoms with van der Waals surface area (Å²) in [6.45, 7) is 3.31. The predicted octanol–water partition coefficient (Wildman–Crippen LogP) is 3.02. The van der Waals surface area contributed by atoms with E-state index >= 15 is 0 Å². The van der Waals surface area contributed by atoms with Gasteiger partial charge in [0.05, 0.1) is 5.02 Å². The van der Waals surface area contributed by atoms with E-state index in [0.29, 0.717) is 0 Å². The Labute approximate surface area is 109 Å². The van der Waals surface area contributed by atoms with Gasteiger partial charge in [-0.15, -0.1) is 0 Å². The van der Waals surface area contributed by atoms with Crippen molar-refractivity contribution in [2.75, 3.05) is 6.54 Å². The summed E-state index contributed by atoms with van der Waals surface area (Å²) in [5.74, 6) is 0. The van der Waals surface area contributed by atoms with Crippen molar-refractivity contribution in [3.8, 4) is 0 Å². The first-order valence-corrected chi connectivity index (χ1v) is 6.72. The van der Waals surface area contributed by atoms with Crippen LogP contribution in [0, 0.1) is 0 Å². The Bertz CT molecular complexity index is 513. The molecule has 0 aliphatic carbocycles. The highest BCUT2D eigenvalue weighted by molar-refractivity contribution is 7.89. The molecule has 3 nitrogen and oxygen atoms in total. The van der Waals surface area contributed by atoms with E-state index in [1.165, 1.54) is 18.2 Å². The summed E-state index contributed by atoms with van der Waals surface area (Å²) >= 11 is 16.9. The van der Waals surface area contributed by atoms with Crippen molar-refractivity contribution in [3.05, 3.63) is 39.9 Å². The molecule has 88 valence electrons. The lowest BCUT2D eigenvalue weighted by molar-refractivity contribution is 0.585. The van der Waals surface area contributed by atoms with Crippen molar-refractivity contribution >= 4 is 44.8 Å². The Morgan fingerprint density at radius 3 is 2.56 bits per heavy atom. The van der Waals surface area contributed by atoms with Crippen molar-refractivity contribution in [3.63, 3.8) is 0 Å². The first kappa shape index (κ1) is 13.8. The number of halogens is 3. The van der Waals surface area contributed by atoms with Gasteiger partial charge < -0.3 is 0 Å². The molecule has 0 bridgehead atoms. The molecule has 16 heavy (non-hydrogen) atoms. The van der Waals surface area contributed by atoms with E-state index in [9.17, 15) is 8.42 Å². The third-order valence-corrected chi connectivity index (χ3v) is 3.89. The zero-order chi connectivity index (χ0) is 12.3. The zero-order valence-electron chi connectivity index (χ0n) is 8.00. The molecule has 0 spiro atoms. The van der Waals surface area contributed by atoms with Crippen LogP contribution in [0.5, 0.6) is 0 Å². The van der Waals surface area contributed by atoms with Crippen molar-refractivity contribution in [2.24, 2.45) is 0 Å². The molecule has 0 amide bonds. The van der Waals surface area contributed by atoms with Gasteiger partial charge in [0, 0.05) is 16.6 Å². The lowest BCUT2D eigenvalue weighted by Gasteiger charge is -2.07. The van der Waals surface area contributed by atoms with Gasteiger partial charge in [-0.2, -0.15) is 0 Å². The highest BCUT2D eigenvalue weighted by Gasteiger charge is 2.17. The van der Waals surface area contributed by atoms with Crippen LogP contribution in [-0.4, -0.2) is 15.0 Å². The molecule has 1 aromatic carbocycles. The normalized spacial score (nSPS) is 11.4. The van der Waals surface area contributed by atoms with E-state index in [4.69, 9.17) is 34.8 Å². The fourth-order valence-electron chi connectivity index (χ4n) is 0.934. The fourth-order valence-corrected chi connectivity index (χ4v) is 2.87. The number of rotatable bonds is 4. The molecule has 1 aromatic rings. The molecule has 0 unspecified atom stereocenters. The zero-order valence-corrected chi connectivity index (χ0v) is 11.1. The largest absolute Gasteiger partial charge is 0.242 e. The van der Waals surface area contributed by atoms with Crippen molar-refractivity contribution in [1.29, 1.82) is 0 Å². The average Bonchev–Trinajstić information content (AvgIpc) is 2.19. The van der Waals surface area contributed by atoms with Gasteiger partial charge in [-0.05, 0) is 18.2 Å². The van der Waals surface area contributed by atoms with E-state index in [1.807, 2.05) is 0 Å². The summed E-state index contributed by atoms with van der Waals surface area (Å²) in [6, 6.07) is 4.18. The third-order valence-electron chi connectivity index (χ3n) is 1.64. The fraction of sp³-hybridized carbons (Fsp3) is 0.111. The minimum absolute atomic E-state index is 0.0628. The summed E-state index contributed by atoms with van der Waals surface area (Å²) in [4.78, 5) is -0.0837. The first-order chi connectivity index (χ1) is 7.33. The van der Waals surface area contributed by atoms with Crippen LogP contribution in [0.3, 0.4) is 0 Å². The molecular formula is C9H8Cl3NO2S. The summed E-state index contributed by atoms with van der Waals surface area (Å²) < 4.78 is 25.8. The van der Waals surface area contributed by atoms with Crippen molar-refractivity contribution in [2.45, 2.75) is 4.90 Å². The molecule has 0 radical (unpaired) electrons. The minimum Gasteiger partial charge on any atom is -0.207 e. The Balaban J connectivity index is 3.07. The summed E-state index contributed by atoms with van der Waals surface area (Å²) in [5.41, 5.74) is 0. The lowest BCUT2D eigenvalue weighted by Crippen LogP contribution is -2.25. The topological polar surface area (TPSA) is 46.2 Å². The molecule has 0 aromatic heterocycles. The molecule has 0 fully saturated rings. The average molecular weight is 301 g/mol. The highest BCUT2D eigenvalue weighted by atomic mass is 35.5. The van der Waals surface area contributed by atoms with Crippen LogP contribution in [0.15, 0.2) is 34.7 Å². The first-order valence-electron chi connectivity index (χ1n) is 4.11. The number of nitrogens with one attached hydrogen (secondary N) is 1. The standard InChI is InChI=1S/C9H8Cl3NO2S/c1-6(10)5-13-16(14,15)9-4-7(11)2-3-8(9)12/h2-4,13H,1,5H2. The van der Waals surface area contributed by atoms with Gasteiger partial charge in [-0.3, -0.25) is 0 Å². The van der Waals surface area contributed by atoms with E-state index in [1.54, 1.807) is 0 Å². The quantitative estimate of drug-likeness (QED) is 0.929. The summed E-state index contributed by atoms with van der Waals surface area (Å²) in [7, 11) is -3.72. The maximum absolute atomic E-state index is 11.8. The van der Waals surface area contributed by atoms with Gasteiger partial charge in [0.15, 0.2) is 0 Å². The number of sulfonamides is 1. The lowest BCUT2D eigenvalue weighted by atomic mass is 10.4. The van der Waals surface area contributed by atoms with Crippen LogP contribution in [0.2, 0.25) is 10.0 Å². The molecule has 1 N–H and O–H groups in total. The summed E-state index contributed by atoms with van der Waals surface area (Å²) in [5, 5.41) is 0.563. The van der Waals surface area contributed by atoms with Crippen LogP contribution >= 0.6 is 34.8 Å². The molecular weight excluding hydrogens is 293 g/mol. The van der Waals surface area contributed by atoms with Gasteiger partial charge in [0.2, 0.25) is 10.0 Å². The number of hydrogen-bond donors (Lipinski definition) is 1. The number of hydrogen-bond acceptors (Lipinski definition) is 2. The Kier molecular flexibility index (Phi) is 4.64. The SMILES string of the molecule is C=C(Cl)CNS(=O)(=O)c1cc(Cl)ccc1Cl. The molecule has 0 heterocycles. The van der Waals surface area contributed by atoms with Gasteiger partial charge in [-0.1, -0.05) is 41.4 Å². The molecule has 0 aliphatic heterocycles. The highest BCUT2D eigenvalue weighted by Crippen LogP contribution is 2.24. The molecule has 0 saturated carbocycles. The molecule has 0 aliphatic rings. The van der Waals surface area contributed by atoms with E-state index < -0.39 is 10.0 Å².